The average molecular weight is 233 g/mol. The van der Waals surface area contributed by atoms with E-state index >= 15 is 0 Å². The SMILES string of the molecule is [N-]=[N+]=CC(F)(F)S(=O)(=O)c1ccccn1. The summed E-state index contributed by atoms with van der Waals surface area (Å²) in [7, 11) is -4.95. The van der Waals surface area contributed by atoms with Crippen LogP contribution in [0.3, 0.4) is 0 Å². The standard InChI is InChI=1S/C7H5F2N3O2S/c8-7(9,5-12-10)15(13,14)6-3-1-2-4-11-6/h1-5H. The highest BCUT2D eigenvalue weighted by Gasteiger charge is 2.50. The molecule has 1 rings (SSSR count). The normalized spacial score (nSPS) is 11.9. The summed E-state index contributed by atoms with van der Waals surface area (Å²) in [6, 6.07) is 3.57. The lowest BCUT2D eigenvalue weighted by molar-refractivity contribution is -0.0198. The summed E-state index contributed by atoms with van der Waals surface area (Å²) < 4.78 is 48.4. The van der Waals surface area contributed by atoms with Gasteiger partial charge in [-0.15, -0.1) is 0 Å². The number of aromatic nitrogens is 1. The van der Waals surface area contributed by atoms with Crippen molar-refractivity contribution in [1.82, 2.24) is 4.98 Å². The molecule has 0 N–H and O–H groups in total. The lowest BCUT2D eigenvalue weighted by atomic mass is 10.5. The van der Waals surface area contributed by atoms with Crippen LogP contribution in [0.25, 0.3) is 5.53 Å². The fourth-order valence-corrected chi connectivity index (χ4v) is 1.70. The zero-order valence-corrected chi connectivity index (χ0v) is 8.03. The van der Waals surface area contributed by atoms with Crippen LogP contribution < -0.4 is 0 Å². The van der Waals surface area contributed by atoms with E-state index < -0.39 is 20.1 Å². The third kappa shape index (κ3) is 2.05. The summed E-state index contributed by atoms with van der Waals surface area (Å²) in [4.78, 5) is 5.30. The van der Waals surface area contributed by atoms with Crippen LogP contribution in [-0.2, 0) is 9.84 Å². The molecule has 0 bridgehead atoms. The van der Waals surface area contributed by atoms with Gasteiger partial charge in [0.15, 0.2) is 5.03 Å². The highest BCUT2D eigenvalue weighted by atomic mass is 32.2. The highest BCUT2D eigenvalue weighted by Crippen LogP contribution is 2.25. The monoisotopic (exact) mass is 233 g/mol. The van der Waals surface area contributed by atoms with Crippen LogP contribution >= 0.6 is 0 Å². The molecule has 80 valence electrons. The Labute approximate surface area is 83.9 Å². The van der Waals surface area contributed by atoms with Gasteiger partial charge in [0.05, 0.1) is 0 Å². The van der Waals surface area contributed by atoms with E-state index in [9.17, 15) is 17.2 Å². The minimum absolute atomic E-state index is 0.364. The Balaban J connectivity index is 3.32. The van der Waals surface area contributed by atoms with Crippen molar-refractivity contribution < 1.29 is 22.0 Å². The predicted molar refractivity (Wildman–Crippen MR) is 46.1 cm³/mol. The molecular formula is C7H5F2N3O2S. The van der Waals surface area contributed by atoms with E-state index in [1.165, 1.54) is 12.1 Å². The topological polar surface area (TPSA) is 83.4 Å². The second-order valence-electron chi connectivity index (χ2n) is 2.48. The van der Waals surface area contributed by atoms with Gasteiger partial charge in [0, 0.05) is 6.20 Å². The summed E-state index contributed by atoms with van der Waals surface area (Å²) in [6.07, 6.45) is 0.704. The van der Waals surface area contributed by atoms with Gasteiger partial charge in [0.2, 0.25) is 0 Å². The maximum absolute atomic E-state index is 13.0. The Hall–Kier alpha value is -1.66. The quantitative estimate of drug-likeness (QED) is 0.438. The van der Waals surface area contributed by atoms with Gasteiger partial charge in [-0.3, -0.25) is 0 Å². The lowest BCUT2D eigenvalue weighted by Crippen LogP contribution is -2.31. The minimum Gasteiger partial charge on any atom is -0.362 e. The van der Waals surface area contributed by atoms with Crippen molar-refractivity contribution in [1.29, 1.82) is 0 Å². The number of rotatable bonds is 3. The lowest BCUT2D eigenvalue weighted by Gasteiger charge is -2.06. The minimum atomic E-state index is -4.95. The van der Waals surface area contributed by atoms with Crippen molar-refractivity contribution in [2.24, 2.45) is 0 Å². The van der Waals surface area contributed by atoms with E-state index in [0.717, 1.165) is 12.3 Å². The first-order valence-corrected chi connectivity index (χ1v) is 5.12. The van der Waals surface area contributed by atoms with Gasteiger partial charge in [-0.1, -0.05) is 6.07 Å². The van der Waals surface area contributed by atoms with Crippen molar-refractivity contribution in [2.75, 3.05) is 0 Å². The molecule has 1 aromatic rings. The molecule has 15 heavy (non-hydrogen) atoms. The number of halogens is 2. The van der Waals surface area contributed by atoms with Crippen molar-refractivity contribution in [3.05, 3.63) is 29.9 Å². The fraction of sp³-hybridized carbons (Fsp3) is 0.143. The molecule has 1 heterocycles. The highest BCUT2D eigenvalue weighted by molar-refractivity contribution is 7.93. The van der Waals surface area contributed by atoms with Gasteiger partial charge in [-0.25, -0.2) is 13.4 Å². The molecule has 0 aliphatic heterocycles. The number of hydrogen-bond donors (Lipinski definition) is 0. The van der Waals surface area contributed by atoms with Crippen molar-refractivity contribution in [3.8, 4) is 0 Å². The first kappa shape index (κ1) is 11.4. The Morgan fingerprint density at radius 1 is 1.47 bits per heavy atom. The van der Waals surface area contributed by atoms with Crippen LogP contribution in [0.15, 0.2) is 29.4 Å². The van der Waals surface area contributed by atoms with Gasteiger partial charge in [-0.2, -0.15) is 13.6 Å². The molecule has 0 fully saturated rings. The van der Waals surface area contributed by atoms with E-state index in [1.54, 1.807) is 0 Å². The molecular weight excluding hydrogens is 228 g/mol. The molecule has 1 aromatic heterocycles. The second kappa shape index (κ2) is 3.84. The van der Waals surface area contributed by atoms with Crippen LogP contribution in [0.1, 0.15) is 0 Å². The number of nitrogens with zero attached hydrogens (tertiary/aromatic N) is 3. The Morgan fingerprint density at radius 2 is 2.13 bits per heavy atom. The first-order valence-electron chi connectivity index (χ1n) is 3.64. The predicted octanol–water partition coefficient (Wildman–Crippen LogP) is 0.749. The van der Waals surface area contributed by atoms with Gasteiger partial charge >= 0.3 is 11.5 Å². The largest absolute Gasteiger partial charge is 0.442 e. The van der Waals surface area contributed by atoms with Crippen LogP contribution in [0.5, 0.6) is 0 Å². The fourth-order valence-electron chi connectivity index (χ4n) is 0.782. The molecule has 0 saturated carbocycles. The van der Waals surface area contributed by atoms with Gasteiger partial charge in [0.1, 0.15) is 0 Å². The van der Waals surface area contributed by atoms with E-state index in [0.29, 0.717) is 0 Å². The Kier molecular flexibility index (Phi) is 2.92. The van der Waals surface area contributed by atoms with Crippen molar-refractivity contribution in [2.45, 2.75) is 10.3 Å². The molecule has 5 nitrogen and oxygen atoms in total. The van der Waals surface area contributed by atoms with Crippen molar-refractivity contribution >= 4 is 16.1 Å². The maximum atomic E-state index is 13.0. The molecule has 0 amide bonds. The van der Waals surface area contributed by atoms with E-state index in [4.69, 9.17) is 5.53 Å². The maximum Gasteiger partial charge on any atom is 0.442 e. The van der Waals surface area contributed by atoms with Crippen LogP contribution in [0, 0.1) is 0 Å². The van der Waals surface area contributed by atoms with Crippen LogP contribution in [0.4, 0.5) is 8.78 Å². The molecule has 0 spiro atoms. The molecule has 0 aliphatic carbocycles. The molecule has 0 aromatic carbocycles. The first-order chi connectivity index (χ1) is 6.92. The molecule has 0 atom stereocenters. The Morgan fingerprint density at radius 3 is 2.60 bits per heavy atom. The molecule has 0 radical (unpaired) electrons. The third-order valence-corrected chi connectivity index (χ3v) is 3.09. The zero-order chi connectivity index (χ0) is 11.5. The number of alkyl halides is 2. The third-order valence-electron chi connectivity index (χ3n) is 1.48. The van der Waals surface area contributed by atoms with E-state index in [2.05, 4.69) is 4.98 Å². The van der Waals surface area contributed by atoms with Crippen LogP contribution in [0.2, 0.25) is 0 Å². The number of pyridine rings is 1. The Bertz CT molecular complexity index is 494. The molecule has 0 saturated heterocycles. The van der Waals surface area contributed by atoms with E-state index in [1.807, 2.05) is 4.79 Å². The number of sulfone groups is 1. The number of hydrogen-bond acceptors (Lipinski definition) is 3. The second-order valence-corrected chi connectivity index (χ2v) is 4.45. The zero-order valence-electron chi connectivity index (χ0n) is 7.21. The summed E-state index contributed by atoms with van der Waals surface area (Å²) >= 11 is 0. The average Bonchev–Trinajstić information content (AvgIpc) is 2.19. The van der Waals surface area contributed by atoms with Gasteiger partial charge in [-0.05, 0) is 12.1 Å². The van der Waals surface area contributed by atoms with Crippen LogP contribution in [-0.4, -0.2) is 29.7 Å². The summed E-state index contributed by atoms with van der Waals surface area (Å²) in [5, 5.41) is -5.06. The summed E-state index contributed by atoms with van der Waals surface area (Å²) in [6.45, 7) is 0. The van der Waals surface area contributed by atoms with E-state index in [-0.39, 0.29) is 6.21 Å². The summed E-state index contributed by atoms with van der Waals surface area (Å²) in [5.74, 6) is 0. The molecule has 0 unspecified atom stereocenters. The van der Waals surface area contributed by atoms with Gasteiger partial charge < -0.3 is 5.53 Å². The molecule has 8 heteroatoms. The molecule has 0 aliphatic rings. The van der Waals surface area contributed by atoms with Gasteiger partial charge in [0.25, 0.3) is 9.84 Å². The smallest absolute Gasteiger partial charge is 0.362 e. The summed E-state index contributed by atoms with van der Waals surface area (Å²) in [5.41, 5.74) is 7.92. The van der Waals surface area contributed by atoms with Crippen molar-refractivity contribution in [3.63, 3.8) is 0 Å².